The van der Waals surface area contributed by atoms with E-state index >= 15 is 0 Å². The molecule has 0 saturated carbocycles. The maximum Gasteiger partial charge on any atom is 0.126 e. The number of phenols is 1. The number of phenolic OH excluding ortho intramolecular Hbond substituents is 1. The van der Waals surface area contributed by atoms with E-state index in [1.807, 2.05) is 37.3 Å². The summed E-state index contributed by atoms with van der Waals surface area (Å²) in [7, 11) is 0. The topological polar surface area (TPSA) is 52.5 Å². The molecule has 2 aromatic carbocycles. The predicted molar refractivity (Wildman–Crippen MR) is 80.6 cm³/mol. The van der Waals surface area contributed by atoms with Crippen molar-refractivity contribution < 1.29 is 14.6 Å². The van der Waals surface area contributed by atoms with Crippen molar-refractivity contribution in [3.8, 4) is 5.75 Å². The summed E-state index contributed by atoms with van der Waals surface area (Å²) in [6.45, 7) is 1.86. The second-order valence-electron chi connectivity index (χ2n) is 5.16. The van der Waals surface area contributed by atoms with E-state index in [1.165, 1.54) is 6.07 Å². The normalized spacial score (nSPS) is 13.9. The van der Waals surface area contributed by atoms with Gasteiger partial charge in [0, 0.05) is 23.7 Å². The SMILES string of the molecule is CC(N[C@@H](CO)Cc1ccccc1)c1ccc(F)cc1O. The number of benzene rings is 2. The minimum Gasteiger partial charge on any atom is -0.508 e. The zero-order valence-electron chi connectivity index (χ0n) is 12.0. The van der Waals surface area contributed by atoms with Crippen molar-refractivity contribution in [1.82, 2.24) is 5.32 Å². The molecule has 0 aliphatic carbocycles. The summed E-state index contributed by atoms with van der Waals surface area (Å²) in [4.78, 5) is 0. The maximum atomic E-state index is 13.0. The molecule has 1 unspecified atom stereocenters. The number of aliphatic hydroxyl groups excluding tert-OH is 1. The Morgan fingerprint density at radius 3 is 2.48 bits per heavy atom. The molecule has 2 atom stereocenters. The van der Waals surface area contributed by atoms with Crippen molar-refractivity contribution in [1.29, 1.82) is 0 Å². The molecule has 0 aliphatic heterocycles. The lowest BCUT2D eigenvalue weighted by Gasteiger charge is -2.22. The van der Waals surface area contributed by atoms with Gasteiger partial charge < -0.3 is 15.5 Å². The van der Waals surface area contributed by atoms with Crippen LogP contribution in [-0.2, 0) is 6.42 Å². The molecule has 2 aromatic rings. The number of nitrogens with one attached hydrogen (secondary N) is 1. The Morgan fingerprint density at radius 2 is 1.86 bits per heavy atom. The molecule has 4 heteroatoms. The molecule has 0 heterocycles. The van der Waals surface area contributed by atoms with Crippen molar-refractivity contribution >= 4 is 0 Å². The number of hydrogen-bond acceptors (Lipinski definition) is 3. The lowest BCUT2D eigenvalue weighted by atomic mass is 10.0. The maximum absolute atomic E-state index is 13.0. The number of aliphatic hydroxyl groups is 1. The van der Waals surface area contributed by atoms with E-state index in [4.69, 9.17) is 0 Å². The van der Waals surface area contributed by atoms with Gasteiger partial charge in [-0.25, -0.2) is 4.39 Å². The molecule has 3 N–H and O–H groups in total. The Balaban J connectivity index is 2.04. The fourth-order valence-corrected chi connectivity index (χ4v) is 2.40. The lowest BCUT2D eigenvalue weighted by molar-refractivity contribution is 0.232. The first-order valence-electron chi connectivity index (χ1n) is 6.99. The Labute approximate surface area is 124 Å². The van der Waals surface area contributed by atoms with Gasteiger partial charge >= 0.3 is 0 Å². The summed E-state index contributed by atoms with van der Waals surface area (Å²) in [5.41, 5.74) is 1.74. The zero-order valence-corrected chi connectivity index (χ0v) is 12.0. The second-order valence-corrected chi connectivity index (χ2v) is 5.16. The largest absolute Gasteiger partial charge is 0.508 e. The van der Waals surface area contributed by atoms with Gasteiger partial charge in [-0.05, 0) is 25.0 Å². The quantitative estimate of drug-likeness (QED) is 0.766. The van der Waals surface area contributed by atoms with Gasteiger partial charge in [0.1, 0.15) is 11.6 Å². The first-order chi connectivity index (χ1) is 10.1. The van der Waals surface area contributed by atoms with Crippen LogP contribution < -0.4 is 5.32 Å². The first kappa shape index (κ1) is 15.5. The van der Waals surface area contributed by atoms with Gasteiger partial charge in [0.25, 0.3) is 0 Å². The van der Waals surface area contributed by atoms with Gasteiger partial charge in [-0.1, -0.05) is 36.4 Å². The van der Waals surface area contributed by atoms with Gasteiger partial charge in [-0.2, -0.15) is 0 Å². The molecular formula is C17H20FNO2. The summed E-state index contributed by atoms with van der Waals surface area (Å²) in [5, 5.41) is 22.6. The van der Waals surface area contributed by atoms with E-state index in [9.17, 15) is 14.6 Å². The molecule has 2 rings (SSSR count). The van der Waals surface area contributed by atoms with Crippen molar-refractivity contribution in [2.24, 2.45) is 0 Å². The molecule has 0 aromatic heterocycles. The predicted octanol–water partition coefficient (Wildman–Crippen LogP) is 2.79. The van der Waals surface area contributed by atoms with Crippen LogP contribution in [0.3, 0.4) is 0 Å². The van der Waals surface area contributed by atoms with Crippen LogP contribution in [0.15, 0.2) is 48.5 Å². The van der Waals surface area contributed by atoms with Crippen molar-refractivity contribution in [2.75, 3.05) is 6.61 Å². The van der Waals surface area contributed by atoms with Crippen LogP contribution in [-0.4, -0.2) is 22.9 Å². The monoisotopic (exact) mass is 289 g/mol. The molecule has 112 valence electrons. The number of halogens is 1. The van der Waals surface area contributed by atoms with Crippen LogP contribution in [0.25, 0.3) is 0 Å². The zero-order chi connectivity index (χ0) is 15.2. The van der Waals surface area contributed by atoms with E-state index in [0.29, 0.717) is 12.0 Å². The third kappa shape index (κ3) is 4.28. The van der Waals surface area contributed by atoms with Gasteiger partial charge in [0.15, 0.2) is 0 Å². The summed E-state index contributed by atoms with van der Waals surface area (Å²) < 4.78 is 13.0. The van der Waals surface area contributed by atoms with Crippen LogP contribution in [0.5, 0.6) is 5.75 Å². The number of hydrogen-bond donors (Lipinski definition) is 3. The highest BCUT2D eigenvalue weighted by Gasteiger charge is 2.16. The van der Waals surface area contributed by atoms with E-state index < -0.39 is 5.82 Å². The van der Waals surface area contributed by atoms with E-state index in [2.05, 4.69) is 5.32 Å². The fraction of sp³-hybridized carbons (Fsp3) is 0.294. The van der Waals surface area contributed by atoms with Gasteiger partial charge in [0.2, 0.25) is 0 Å². The van der Waals surface area contributed by atoms with Crippen LogP contribution >= 0.6 is 0 Å². The Morgan fingerprint density at radius 1 is 1.14 bits per heavy atom. The fourth-order valence-electron chi connectivity index (χ4n) is 2.40. The first-order valence-corrected chi connectivity index (χ1v) is 6.99. The number of rotatable bonds is 6. The van der Waals surface area contributed by atoms with Crippen LogP contribution in [0.1, 0.15) is 24.1 Å². The molecule has 0 fully saturated rings. The molecule has 0 radical (unpaired) electrons. The third-order valence-electron chi connectivity index (χ3n) is 3.49. The average Bonchev–Trinajstić information content (AvgIpc) is 2.47. The van der Waals surface area contributed by atoms with Gasteiger partial charge in [-0.3, -0.25) is 0 Å². The molecule has 21 heavy (non-hydrogen) atoms. The molecule has 0 aliphatic rings. The van der Waals surface area contributed by atoms with E-state index in [1.54, 1.807) is 6.07 Å². The average molecular weight is 289 g/mol. The summed E-state index contributed by atoms with van der Waals surface area (Å²) in [6.07, 6.45) is 0.684. The smallest absolute Gasteiger partial charge is 0.126 e. The number of aromatic hydroxyl groups is 1. The highest BCUT2D eigenvalue weighted by Crippen LogP contribution is 2.25. The minimum atomic E-state index is -0.466. The van der Waals surface area contributed by atoms with Crippen molar-refractivity contribution in [3.05, 3.63) is 65.5 Å². The van der Waals surface area contributed by atoms with E-state index in [0.717, 1.165) is 11.6 Å². The molecule has 3 nitrogen and oxygen atoms in total. The molecule has 0 saturated heterocycles. The van der Waals surface area contributed by atoms with E-state index in [-0.39, 0.29) is 24.4 Å². The molecule has 0 amide bonds. The Bertz CT molecular complexity index is 574. The highest BCUT2D eigenvalue weighted by atomic mass is 19.1. The summed E-state index contributed by atoms with van der Waals surface area (Å²) >= 11 is 0. The summed E-state index contributed by atoms with van der Waals surface area (Å²) in [5.74, 6) is -0.544. The third-order valence-corrected chi connectivity index (χ3v) is 3.49. The van der Waals surface area contributed by atoms with Crippen molar-refractivity contribution in [3.63, 3.8) is 0 Å². The molecular weight excluding hydrogens is 269 g/mol. The van der Waals surface area contributed by atoms with Gasteiger partial charge in [-0.15, -0.1) is 0 Å². The standard InChI is InChI=1S/C17H20FNO2/c1-12(16-8-7-14(18)10-17(16)21)19-15(11-20)9-13-5-3-2-4-6-13/h2-8,10,12,15,19-21H,9,11H2,1H3/t12?,15-/m1/s1. The van der Waals surface area contributed by atoms with Crippen LogP contribution in [0.4, 0.5) is 4.39 Å². The lowest BCUT2D eigenvalue weighted by Crippen LogP contribution is -2.36. The second kappa shape index (κ2) is 7.20. The molecule has 0 bridgehead atoms. The Hall–Kier alpha value is -1.91. The Kier molecular flexibility index (Phi) is 5.31. The van der Waals surface area contributed by atoms with Crippen molar-refractivity contribution in [2.45, 2.75) is 25.4 Å². The van der Waals surface area contributed by atoms with Crippen LogP contribution in [0.2, 0.25) is 0 Å². The van der Waals surface area contributed by atoms with Crippen LogP contribution in [0, 0.1) is 5.82 Å². The van der Waals surface area contributed by atoms with Gasteiger partial charge in [0.05, 0.1) is 6.61 Å². The minimum absolute atomic E-state index is 0.0127. The summed E-state index contributed by atoms with van der Waals surface area (Å²) in [6, 6.07) is 13.5. The molecule has 0 spiro atoms. The highest BCUT2D eigenvalue weighted by molar-refractivity contribution is 5.35.